The molecule has 1 heteroatoms. The van der Waals surface area contributed by atoms with E-state index in [2.05, 4.69) is 19.9 Å². The van der Waals surface area contributed by atoms with Gasteiger partial charge >= 0.3 is 0 Å². The van der Waals surface area contributed by atoms with Gasteiger partial charge in [0.2, 0.25) is 0 Å². The minimum Gasteiger partial charge on any atom is -0.508 e. The van der Waals surface area contributed by atoms with Gasteiger partial charge in [-0.25, -0.2) is 0 Å². The predicted molar refractivity (Wildman–Crippen MR) is 68.5 cm³/mol. The van der Waals surface area contributed by atoms with Crippen LogP contribution in [0.2, 0.25) is 0 Å². The second-order valence-electron chi connectivity index (χ2n) is 4.66. The molecule has 0 bridgehead atoms. The number of hydrogen-bond donors (Lipinski definition) is 1. The summed E-state index contributed by atoms with van der Waals surface area (Å²) in [5.41, 5.74) is 4.06. The van der Waals surface area contributed by atoms with Crippen LogP contribution in [0.5, 0.6) is 5.75 Å². The molecule has 0 spiro atoms. The first-order chi connectivity index (χ1) is 7.74. The number of rotatable bonds is 4. The lowest BCUT2D eigenvalue weighted by Gasteiger charge is -2.14. The largest absolute Gasteiger partial charge is 0.508 e. The number of allylic oxidation sites excluding steroid dienone is 2. The highest BCUT2D eigenvalue weighted by Gasteiger charge is 2.17. The van der Waals surface area contributed by atoms with Gasteiger partial charge in [0.25, 0.3) is 0 Å². The summed E-state index contributed by atoms with van der Waals surface area (Å²) in [6, 6.07) is 5.74. The van der Waals surface area contributed by atoms with Gasteiger partial charge in [0.1, 0.15) is 5.75 Å². The van der Waals surface area contributed by atoms with Crippen molar-refractivity contribution >= 4 is 5.57 Å². The number of fused-ring (bicyclic) bond motifs is 1. The molecule has 1 aliphatic carbocycles. The number of hydrogen-bond acceptors (Lipinski definition) is 1. The molecule has 2 rings (SSSR count). The molecule has 0 fully saturated rings. The fraction of sp³-hybridized carbons (Fsp3) is 0.467. The molecule has 0 unspecified atom stereocenters. The average Bonchev–Trinajstić information content (AvgIpc) is 2.68. The molecule has 0 heterocycles. The Kier molecular flexibility index (Phi) is 3.33. The Morgan fingerprint density at radius 3 is 2.69 bits per heavy atom. The van der Waals surface area contributed by atoms with Crippen molar-refractivity contribution in [3.8, 4) is 5.75 Å². The highest BCUT2D eigenvalue weighted by atomic mass is 16.3. The number of aromatic hydroxyl groups is 1. The lowest BCUT2D eigenvalue weighted by molar-refractivity contribution is 0.474. The Morgan fingerprint density at radius 1 is 1.25 bits per heavy atom. The van der Waals surface area contributed by atoms with Gasteiger partial charge in [-0.15, -0.1) is 0 Å². The van der Waals surface area contributed by atoms with Crippen molar-refractivity contribution in [2.45, 2.75) is 39.5 Å². The summed E-state index contributed by atoms with van der Waals surface area (Å²) < 4.78 is 0. The van der Waals surface area contributed by atoms with Gasteiger partial charge in [0.15, 0.2) is 0 Å². The molecule has 0 radical (unpaired) electrons. The molecule has 16 heavy (non-hydrogen) atoms. The van der Waals surface area contributed by atoms with Crippen molar-refractivity contribution in [1.82, 2.24) is 0 Å². The Balaban J connectivity index is 2.18. The first-order valence-corrected chi connectivity index (χ1v) is 6.25. The SMILES string of the molecule is CCC(CC)CC1=CCc2ccc(O)cc21. The molecule has 86 valence electrons. The second kappa shape index (κ2) is 4.73. The van der Waals surface area contributed by atoms with Crippen LogP contribution in [-0.4, -0.2) is 5.11 Å². The molecule has 1 nitrogen and oxygen atoms in total. The zero-order chi connectivity index (χ0) is 11.5. The predicted octanol–water partition coefficient (Wildman–Crippen LogP) is 4.16. The molecule has 1 aromatic rings. The van der Waals surface area contributed by atoms with Gasteiger partial charge in [-0.1, -0.05) is 38.8 Å². The fourth-order valence-electron chi connectivity index (χ4n) is 2.47. The lowest BCUT2D eigenvalue weighted by atomic mass is 9.92. The summed E-state index contributed by atoms with van der Waals surface area (Å²) in [5.74, 6) is 1.16. The average molecular weight is 216 g/mol. The van der Waals surface area contributed by atoms with Gasteiger partial charge in [-0.3, -0.25) is 0 Å². The molecular formula is C15H20O. The minimum absolute atomic E-state index is 0.385. The normalized spacial score (nSPS) is 14.1. The Labute approximate surface area is 97.8 Å². The van der Waals surface area contributed by atoms with E-state index in [1.54, 1.807) is 6.07 Å². The highest BCUT2D eigenvalue weighted by molar-refractivity contribution is 5.74. The van der Waals surface area contributed by atoms with E-state index in [-0.39, 0.29) is 0 Å². The van der Waals surface area contributed by atoms with Crippen LogP contribution in [0.3, 0.4) is 0 Å². The van der Waals surface area contributed by atoms with E-state index in [4.69, 9.17) is 0 Å². The quantitative estimate of drug-likeness (QED) is 0.801. The van der Waals surface area contributed by atoms with Gasteiger partial charge in [0, 0.05) is 0 Å². The van der Waals surface area contributed by atoms with Crippen molar-refractivity contribution in [2.75, 3.05) is 0 Å². The number of benzene rings is 1. The van der Waals surface area contributed by atoms with E-state index in [0.29, 0.717) is 5.75 Å². The van der Waals surface area contributed by atoms with Crippen LogP contribution in [0.25, 0.3) is 5.57 Å². The van der Waals surface area contributed by atoms with Crippen molar-refractivity contribution < 1.29 is 5.11 Å². The first-order valence-electron chi connectivity index (χ1n) is 6.25. The van der Waals surface area contributed by atoms with Gasteiger partial charge < -0.3 is 5.11 Å². The maximum Gasteiger partial charge on any atom is 0.116 e. The van der Waals surface area contributed by atoms with E-state index >= 15 is 0 Å². The molecule has 0 saturated heterocycles. The number of phenolic OH excluding ortho intramolecular Hbond substituents is 1. The molecule has 0 amide bonds. The van der Waals surface area contributed by atoms with E-state index < -0.39 is 0 Å². The topological polar surface area (TPSA) is 20.2 Å². The smallest absolute Gasteiger partial charge is 0.116 e. The van der Waals surface area contributed by atoms with Crippen LogP contribution in [-0.2, 0) is 6.42 Å². The van der Waals surface area contributed by atoms with Crippen molar-refractivity contribution in [3.63, 3.8) is 0 Å². The standard InChI is InChI=1S/C15H20O/c1-3-11(4-2)9-13-6-5-12-7-8-14(16)10-15(12)13/h6-8,10-11,16H,3-5,9H2,1-2H3. The summed E-state index contributed by atoms with van der Waals surface area (Å²) in [5, 5.41) is 9.54. The maximum atomic E-state index is 9.54. The van der Waals surface area contributed by atoms with E-state index in [1.807, 2.05) is 12.1 Å². The first kappa shape index (κ1) is 11.3. The molecular weight excluding hydrogens is 196 g/mol. The van der Waals surface area contributed by atoms with Crippen molar-refractivity contribution in [1.29, 1.82) is 0 Å². The fourth-order valence-corrected chi connectivity index (χ4v) is 2.47. The zero-order valence-corrected chi connectivity index (χ0v) is 10.2. The van der Waals surface area contributed by atoms with Crippen LogP contribution >= 0.6 is 0 Å². The van der Waals surface area contributed by atoms with Gasteiger partial charge in [-0.2, -0.15) is 0 Å². The summed E-state index contributed by atoms with van der Waals surface area (Å²) in [7, 11) is 0. The van der Waals surface area contributed by atoms with Crippen LogP contribution < -0.4 is 0 Å². The lowest BCUT2D eigenvalue weighted by Crippen LogP contribution is -1.98. The molecule has 1 aromatic carbocycles. The molecule has 1 aliphatic rings. The van der Waals surface area contributed by atoms with E-state index in [0.717, 1.165) is 18.8 Å². The van der Waals surface area contributed by atoms with Crippen molar-refractivity contribution in [2.24, 2.45) is 5.92 Å². The van der Waals surface area contributed by atoms with Crippen LogP contribution in [0.15, 0.2) is 24.3 Å². The molecule has 1 N–H and O–H groups in total. The van der Waals surface area contributed by atoms with Crippen LogP contribution in [0.1, 0.15) is 44.2 Å². The molecule has 0 aliphatic heterocycles. The molecule has 0 aromatic heterocycles. The zero-order valence-electron chi connectivity index (χ0n) is 10.2. The van der Waals surface area contributed by atoms with Crippen LogP contribution in [0.4, 0.5) is 0 Å². The summed E-state index contributed by atoms with van der Waals surface area (Å²) in [4.78, 5) is 0. The maximum absolute atomic E-state index is 9.54. The molecule has 0 atom stereocenters. The van der Waals surface area contributed by atoms with Crippen molar-refractivity contribution in [3.05, 3.63) is 35.4 Å². The van der Waals surface area contributed by atoms with Gasteiger partial charge in [-0.05, 0) is 47.6 Å². The third kappa shape index (κ3) is 2.13. The summed E-state index contributed by atoms with van der Waals surface area (Å²) in [6.07, 6.45) is 6.99. The third-order valence-corrected chi connectivity index (χ3v) is 3.67. The van der Waals surface area contributed by atoms with Crippen LogP contribution in [0, 0.1) is 5.92 Å². The van der Waals surface area contributed by atoms with Gasteiger partial charge in [0.05, 0.1) is 0 Å². The Morgan fingerprint density at radius 2 is 2.00 bits per heavy atom. The Hall–Kier alpha value is -1.24. The third-order valence-electron chi connectivity index (χ3n) is 3.67. The summed E-state index contributed by atoms with van der Waals surface area (Å²) >= 11 is 0. The monoisotopic (exact) mass is 216 g/mol. The van der Waals surface area contributed by atoms with E-state index in [1.165, 1.54) is 29.5 Å². The molecule has 0 saturated carbocycles. The second-order valence-corrected chi connectivity index (χ2v) is 4.66. The highest BCUT2D eigenvalue weighted by Crippen LogP contribution is 2.35. The summed E-state index contributed by atoms with van der Waals surface area (Å²) in [6.45, 7) is 4.51. The number of phenols is 1. The Bertz CT molecular complexity index is 400. The van der Waals surface area contributed by atoms with E-state index in [9.17, 15) is 5.11 Å². The minimum atomic E-state index is 0.385.